The lowest BCUT2D eigenvalue weighted by molar-refractivity contribution is -0.277. The Hall–Kier alpha value is -3.29. The lowest BCUT2D eigenvalue weighted by atomic mass is 9.94. The van der Waals surface area contributed by atoms with E-state index in [1.807, 2.05) is 0 Å². The summed E-state index contributed by atoms with van der Waals surface area (Å²) in [6.45, 7) is -0.653. The van der Waals surface area contributed by atoms with E-state index in [0.29, 0.717) is 0 Å². The number of phenols is 2. The molecule has 6 N–H and O–H groups in total. The van der Waals surface area contributed by atoms with Crippen LogP contribution in [0.1, 0.15) is 28.4 Å². The number of aromatic hydroxyl groups is 2. The van der Waals surface area contributed by atoms with Crippen molar-refractivity contribution in [2.24, 2.45) is 0 Å². The van der Waals surface area contributed by atoms with Crippen molar-refractivity contribution >= 4 is 5.78 Å². The third-order valence-corrected chi connectivity index (χ3v) is 5.97. The number of ether oxygens (including phenoxy) is 5. The molecule has 2 aliphatic heterocycles. The Morgan fingerprint density at radius 1 is 1.00 bits per heavy atom. The average molecular weight is 494 g/mol. The zero-order chi connectivity index (χ0) is 25.4. The first-order valence-corrected chi connectivity index (χ1v) is 10.7. The number of carbonyl (C=O) groups is 1. The number of ketones is 1. The summed E-state index contributed by atoms with van der Waals surface area (Å²) in [5.41, 5.74) is -0.0847. The van der Waals surface area contributed by atoms with Crippen molar-refractivity contribution in [1.82, 2.24) is 0 Å². The minimum absolute atomic E-state index is 0.0211. The SMILES string of the molecule is COc1cc(O)c2c(c1OC)O[C@H](c1c(O)cccc1O[C@@H]1O[C@H](CO)[C@@H](O)[C@H](O)[C@H]1O)CC2=O. The third kappa shape index (κ3) is 4.30. The van der Waals surface area contributed by atoms with Crippen LogP contribution in [0.5, 0.6) is 34.5 Å². The molecule has 12 nitrogen and oxygen atoms in total. The van der Waals surface area contributed by atoms with Crippen LogP contribution in [-0.4, -0.2) is 88.0 Å². The first-order chi connectivity index (χ1) is 16.7. The molecule has 0 bridgehead atoms. The van der Waals surface area contributed by atoms with E-state index in [0.717, 1.165) is 0 Å². The Morgan fingerprint density at radius 3 is 2.40 bits per heavy atom. The highest BCUT2D eigenvalue weighted by molar-refractivity contribution is 6.04. The van der Waals surface area contributed by atoms with E-state index in [-0.39, 0.29) is 52.0 Å². The fraction of sp³-hybridized carbons (Fsp3) is 0.435. The Bertz CT molecular complexity index is 1100. The van der Waals surface area contributed by atoms with Gasteiger partial charge in [0, 0.05) is 6.07 Å². The molecule has 190 valence electrons. The van der Waals surface area contributed by atoms with Gasteiger partial charge in [-0.1, -0.05) is 6.07 Å². The van der Waals surface area contributed by atoms with Gasteiger partial charge < -0.3 is 54.3 Å². The number of aliphatic hydroxyl groups excluding tert-OH is 4. The van der Waals surface area contributed by atoms with Gasteiger partial charge >= 0.3 is 0 Å². The second-order valence-corrected chi connectivity index (χ2v) is 8.07. The smallest absolute Gasteiger partial charge is 0.229 e. The second kappa shape index (κ2) is 9.76. The largest absolute Gasteiger partial charge is 0.507 e. The molecule has 2 aliphatic rings. The molecule has 4 rings (SSSR count). The molecule has 2 heterocycles. The van der Waals surface area contributed by atoms with Gasteiger partial charge in [0.2, 0.25) is 12.0 Å². The molecule has 0 spiro atoms. The molecule has 2 aromatic rings. The molecule has 0 amide bonds. The van der Waals surface area contributed by atoms with E-state index in [4.69, 9.17) is 23.7 Å². The third-order valence-electron chi connectivity index (χ3n) is 5.97. The predicted molar refractivity (Wildman–Crippen MR) is 116 cm³/mol. The number of benzene rings is 2. The van der Waals surface area contributed by atoms with Crippen LogP contribution in [0, 0.1) is 0 Å². The summed E-state index contributed by atoms with van der Waals surface area (Å²) >= 11 is 0. The first kappa shape index (κ1) is 24.8. The van der Waals surface area contributed by atoms with Crippen LogP contribution in [0.15, 0.2) is 24.3 Å². The van der Waals surface area contributed by atoms with Crippen molar-refractivity contribution in [3.8, 4) is 34.5 Å². The summed E-state index contributed by atoms with van der Waals surface area (Å²) in [4.78, 5) is 13.0. The van der Waals surface area contributed by atoms with Crippen molar-refractivity contribution < 1.29 is 59.1 Å². The van der Waals surface area contributed by atoms with E-state index in [9.17, 15) is 35.4 Å². The van der Waals surface area contributed by atoms with Gasteiger partial charge in [0.1, 0.15) is 53.3 Å². The van der Waals surface area contributed by atoms with Crippen molar-refractivity contribution in [3.05, 3.63) is 35.4 Å². The number of rotatable bonds is 6. The first-order valence-electron chi connectivity index (χ1n) is 10.7. The number of hydrogen-bond acceptors (Lipinski definition) is 12. The van der Waals surface area contributed by atoms with Crippen LogP contribution in [0.25, 0.3) is 0 Å². The number of carbonyl (C=O) groups excluding carboxylic acids is 1. The van der Waals surface area contributed by atoms with Crippen LogP contribution in [0.4, 0.5) is 0 Å². The Kier molecular flexibility index (Phi) is 6.92. The molecule has 2 aromatic carbocycles. The minimum atomic E-state index is -1.70. The van der Waals surface area contributed by atoms with Gasteiger partial charge in [0.25, 0.3) is 0 Å². The van der Waals surface area contributed by atoms with Crippen LogP contribution in [0.2, 0.25) is 0 Å². The summed E-state index contributed by atoms with van der Waals surface area (Å²) in [5.74, 6) is -1.14. The molecule has 0 aromatic heterocycles. The van der Waals surface area contributed by atoms with E-state index in [2.05, 4.69) is 0 Å². The summed E-state index contributed by atoms with van der Waals surface area (Å²) in [7, 11) is 2.68. The van der Waals surface area contributed by atoms with Crippen LogP contribution in [0.3, 0.4) is 0 Å². The zero-order valence-electron chi connectivity index (χ0n) is 18.8. The van der Waals surface area contributed by atoms with Crippen LogP contribution in [-0.2, 0) is 4.74 Å². The van der Waals surface area contributed by atoms with E-state index < -0.39 is 49.2 Å². The lowest BCUT2D eigenvalue weighted by Gasteiger charge is -2.40. The highest BCUT2D eigenvalue weighted by Gasteiger charge is 2.45. The summed E-state index contributed by atoms with van der Waals surface area (Å²) in [5, 5.41) is 60.8. The molecule has 12 heteroatoms. The molecule has 1 saturated heterocycles. The van der Waals surface area contributed by atoms with Gasteiger partial charge in [0.05, 0.1) is 32.8 Å². The normalized spacial score (nSPS) is 28.1. The van der Waals surface area contributed by atoms with Gasteiger partial charge in [-0.05, 0) is 12.1 Å². The molecule has 35 heavy (non-hydrogen) atoms. The number of fused-ring (bicyclic) bond motifs is 1. The molecule has 0 radical (unpaired) electrons. The van der Waals surface area contributed by atoms with Crippen molar-refractivity contribution in [1.29, 1.82) is 0 Å². The Balaban J connectivity index is 1.72. The highest BCUT2D eigenvalue weighted by atomic mass is 16.7. The summed E-state index contributed by atoms with van der Waals surface area (Å²) < 4.78 is 27.6. The zero-order valence-corrected chi connectivity index (χ0v) is 18.8. The monoisotopic (exact) mass is 494 g/mol. The maximum Gasteiger partial charge on any atom is 0.229 e. The molecule has 6 atom stereocenters. The number of hydrogen-bond donors (Lipinski definition) is 6. The maximum atomic E-state index is 13.0. The topological polar surface area (TPSA) is 185 Å². The fourth-order valence-corrected chi connectivity index (χ4v) is 4.19. The van der Waals surface area contributed by atoms with E-state index in [1.54, 1.807) is 0 Å². The predicted octanol–water partition coefficient (Wildman–Crippen LogP) is 0.000200. The Labute approximate surface area is 199 Å². The number of methoxy groups -OCH3 is 2. The molecule has 0 saturated carbocycles. The van der Waals surface area contributed by atoms with E-state index in [1.165, 1.54) is 38.5 Å². The summed E-state index contributed by atoms with van der Waals surface area (Å²) in [6.07, 6.45) is -9.10. The minimum Gasteiger partial charge on any atom is -0.507 e. The van der Waals surface area contributed by atoms with Crippen molar-refractivity contribution in [3.63, 3.8) is 0 Å². The van der Waals surface area contributed by atoms with Crippen molar-refractivity contribution in [2.45, 2.75) is 43.2 Å². The van der Waals surface area contributed by atoms with Gasteiger partial charge in [-0.2, -0.15) is 0 Å². The fourth-order valence-electron chi connectivity index (χ4n) is 4.19. The molecular formula is C23H26O12. The molecular weight excluding hydrogens is 468 g/mol. The molecule has 0 unspecified atom stereocenters. The number of Topliss-reactive ketones (excluding diaryl/α,β-unsaturated/α-hetero) is 1. The Morgan fingerprint density at radius 2 is 1.74 bits per heavy atom. The number of aliphatic hydroxyl groups is 4. The van der Waals surface area contributed by atoms with E-state index >= 15 is 0 Å². The maximum absolute atomic E-state index is 13.0. The standard InChI is InChI=1S/C23H26O12/c1-31-14-7-11(27)16-10(26)6-13(33-22(16)21(14)32-2)17-9(25)4-3-5-12(17)34-23-20(30)19(29)18(28)15(8-24)35-23/h3-5,7,13,15,18-20,23-25,27-30H,6,8H2,1-2H3/t13-,15+,18+,19-,20+,23+/m0/s1. The number of phenolic OH excluding ortho intramolecular Hbond substituents is 2. The van der Waals surface area contributed by atoms with Crippen LogP contribution < -0.4 is 18.9 Å². The molecule has 1 fully saturated rings. The molecule has 0 aliphatic carbocycles. The van der Waals surface area contributed by atoms with Gasteiger partial charge in [-0.25, -0.2) is 0 Å². The van der Waals surface area contributed by atoms with Gasteiger partial charge in [-0.15, -0.1) is 0 Å². The highest BCUT2D eigenvalue weighted by Crippen LogP contribution is 2.51. The van der Waals surface area contributed by atoms with Gasteiger partial charge in [-0.3, -0.25) is 4.79 Å². The van der Waals surface area contributed by atoms with Gasteiger partial charge in [0.15, 0.2) is 17.3 Å². The summed E-state index contributed by atoms with van der Waals surface area (Å²) in [6, 6.07) is 5.42. The quantitative estimate of drug-likeness (QED) is 0.316. The van der Waals surface area contributed by atoms with Crippen molar-refractivity contribution in [2.75, 3.05) is 20.8 Å². The lowest BCUT2D eigenvalue weighted by Crippen LogP contribution is -2.60. The van der Waals surface area contributed by atoms with Crippen LogP contribution >= 0.6 is 0 Å². The average Bonchev–Trinajstić information content (AvgIpc) is 2.83. The second-order valence-electron chi connectivity index (χ2n) is 8.07.